The van der Waals surface area contributed by atoms with Gasteiger partial charge in [0.1, 0.15) is 23.5 Å². The standard InChI is InChI=1S/C16H16Cl3NO5/c1-2-10(22)12-6-3-7(17)8(18)4-9(6)20(15(12)19)16-14(24)13(23)11(5-21)25-16/h3-4,11,13-14,16,21,23-24H,2,5H2,1H3/t11-,13-,14-,16-/m1/s1. The molecule has 0 unspecified atom stereocenters. The third kappa shape index (κ3) is 2.96. The molecule has 1 fully saturated rings. The molecule has 3 N–H and O–H groups in total. The van der Waals surface area contributed by atoms with Gasteiger partial charge in [-0.3, -0.25) is 4.79 Å². The van der Waals surface area contributed by atoms with E-state index in [1.54, 1.807) is 6.92 Å². The number of rotatable bonds is 4. The van der Waals surface area contributed by atoms with E-state index in [1.807, 2.05) is 0 Å². The van der Waals surface area contributed by atoms with Gasteiger partial charge in [0.15, 0.2) is 12.0 Å². The summed E-state index contributed by atoms with van der Waals surface area (Å²) in [6.07, 6.45) is -4.48. The van der Waals surface area contributed by atoms with Crippen LogP contribution in [-0.2, 0) is 4.74 Å². The molecule has 0 aliphatic carbocycles. The first-order chi connectivity index (χ1) is 11.8. The molecular weight excluding hydrogens is 393 g/mol. The number of fused-ring (bicyclic) bond motifs is 1. The molecule has 0 radical (unpaired) electrons. The van der Waals surface area contributed by atoms with Crippen molar-refractivity contribution in [2.24, 2.45) is 0 Å². The van der Waals surface area contributed by atoms with Gasteiger partial charge in [0.05, 0.1) is 27.7 Å². The number of nitrogens with zero attached hydrogens (tertiary/aromatic N) is 1. The van der Waals surface area contributed by atoms with Crippen molar-refractivity contribution in [2.75, 3.05) is 6.61 Å². The SMILES string of the molecule is CCC(=O)c1c(Cl)n([C@@H]2O[C@H](CO)[C@@H](O)[C@H]2O)c2cc(Cl)c(Cl)cc12. The largest absolute Gasteiger partial charge is 0.394 e. The van der Waals surface area contributed by atoms with Crippen molar-refractivity contribution in [3.8, 4) is 0 Å². The first-order valence-corrected chi connectivity index (χ1v) is 8.79. The lowest BCUT2D eigenvalue weighted by atomic mass is 10.1. The van der Waals surface area contributed by atoms with Crippen LogP contribution in [0.2, 0.25) is 15.2 Å². The molecule has 0 amide bonds. The lowest BCUT2D eigenvalue weighted by Gasteiger charge is -2.19. The Labute approximate surface area is 158 Å². The second kappa shape index (κ2) is 7.04. The molecule has 1 aromatic heterocycles. The lowest BCUT2D eigenvalue weighted by Crippen LogP contribution is -2.33. The summed E-state index contributed by atoms with van der Waals surface area (Å²) in [6.45, 7) is 1.23. The summed E-state index contributed by atoms with van der Waals surface area (Å²) in [5, 5.41) is 30.6. The highest BCUT2D eigenvalue weighted by molar-refractivity contribution is 6.43. The normalized spacial score (nSPS) is 26.5. The van der Waals surface area contributed by atoms with Crippen molar-refractivity contribution in [1.82, 2.24) is 4.57 Å². The van der Waals surface area contributed by atoms with Gasteiger partial charge in [-0.15, -0.1) is 0 Å². The fourth-order valence-electron chi connectivity index (χ4n) is 3.06. The molecule has 0 saturated carbocycles. The zero-order valence-electron chi connectivity index (χ0n) is 13.1. The molecule has 2 aromatic rings. The number of carbonyl (C=O) groups excluding carboxylic acids is 1. The predicted octanol–water partition coefficient (Wildman–Crippen LogP) is 2.81. The molecular formula is C16H16Cl3NO5. The number of aromatic nitrogens is 1. The van der Waals surface area contributed by atoms with E-state index in [4.69, 9.17) is 39.5 Å². The molecule has 0 bridgehead atoms. The van der Waals surface area contributed by atoms with Gasteiger partial charge in [-0.25, -0.2) is 0 Å². The van der Waals surface area contributed by atoms with Crippen molar-refractivity contribution in [3.63, 3.8) is 0 Å². The minimum absolute atomic E-state index is 0.0509. The molecule has 1 aliphatic rings. The zero-order valence-corrected chi connectivity index (χ0v) is 15.4. The molecule has 1 aromatic carbocycles. The number of halogens is 3. The third-order valence-corrected chi connectivity index (χ3v) is 5.45. The van der Waals surface area contributed by atoms with E-state index in [0.29, 0.717) is 10.9 Å². The molecule has 3 rings (SSSR count). The molecule has 136 valence electrons. The monoisotopic (exact) mass is 407 g/mol. The van der Waals surface area contributed by atoms with E-state index in [9.17, 15) is 20.1 Å². The lowest BCUT2D eigenvalue weighted by molar-refractivity contribution is -0.0505. The minimum atomic E-state index is -1.34. The molecule has 4 atom stereocenters. The Morgan fingerprint density at radius 1 is 1.20 bits per heavy atom. The van der Waals surface area contributed by atoms with Gasteiger partial charge in [-0.1, -0.05) is 41.7 Å². The summed E-state index contributed by atoms with van der Waals surface area (Å²) in [7, 11) is 0. The average molecular weight is 409 g/mol. The van der Waals surface area contributed by atoms with Crippen LogP contribution in [-0.4, -0.2) is 50.6 Å². The summed E-state index contributed by atoms with van der Waals surface area (Å²) in [4.78, 5) is 12.4. The summed E-state index contributed by atoms with van der Waals surface area (Å²) >= 11 is 18.6. The van der Waals surface area contributed by atoms with Crippen LogP contribution in [0.1, 0.15) is 29.9 Å². The van der Waals surface area contributed by atoms with Crippen molar-refractivity contribution < 1.29 is 24.9 Å². The van der Waals surface area contributed by atoms with E-state index in [2.05, 4.69) is 0 Å². The number of benzene rings is 1. The van der Waals surface area contributed by atoms with Gasteiger partial charge in [-0.05, 0) is 12.1 Å². The fraction of sp³-hybridized carbons (Fsp3) is 0.438. The number of aliphatic hydroxyl groups is 3. The molecule has 9 heteroatoms. The molecule has 0 spiro atoms. The number of hydrogen-bond donors (Lipinski definition) is 3. The van der Waals surface area contributed by atoms with E-state index >= 15 is 0 Å². The summed E-state index contributed by atoms with van der Waals surface area (Å²) in [5.74, 6) is -0.209. The number of hydrogen-bond acceptors (Lipinski definition) is 5. The third-order valence-electron chi connectivity index (χ3n) is 4.36. The van der Waals surface area contributed by atoms with Crippen molar-refractivity contribution >= 4 is 51.5 Å². The first kappa shape index (κ1) is 18.9. The van der Waals surface area contributed by atoms with E-state index < -0.39 is 31.1 Å². The van der Waals surface area contributed by atoms with Crippen LogP contribution < -0.4 is 0 Å². The molecule has 2 heterocycles. The Kier molecular flexibility index (Phi) is 5.33. The molecule has 1 saturated heterocycles. The van der Waals surface area contributed by atoms with Gasteiger partial charge in [-0.2, -0.15) is 0 Å². The fourth-order valence-corrected chi connectivity index (χ4v) is 3.77. The summed E-state index contributed by atoms with van der Waals surface area (Å²) in [5.41, 5.74) is 0.682. The van der Waals surface area contributed by atoms with Crippen LogP contribution in [0.15, 0.2) is 12.1 Å². The number of ether oxygens (including phenoxy) is 1. The number of aliphatic hydroxyl groups excluding tert-OH is 3. The Morgan fingerprint density at radius 3 is 2.40 bits per heavy atom. The van der Waals surface area contributed by atoms with E-state index in [-0.39, 0.29) is 33.0 Å². The minimum Gasteiger partial charge on any atom is -0.394 e. The maximum absolute atomic E-state index is 12.4. The maximum atomic E-state index is 12.4. The van der Waals surface area contributed by atoms with Crippen LogP contribution in [0.25, 0.3) is 10.9 Å². The average Bonchev–Trinajstić information content (AvgIpc) is 3.01. The van der Waals surface area contributed by atoms with Gasteiger partial charge < -0.3 is 24.6 Å². The Balaban J connectivity index is 2.27. The molecule has 6 nitrogen and oxygen atoms in total. The van der Waals surface area contributed by atoms with Gasteiger partial charge in [0.2, 0.25) is 0 Å². The van der Waals surface area contributed by atoms with E-state index in [0.717, 1.165) is 0 Å². The Hall–Kier alpha value is -0.860. The van der Waals surface area contributed by atoms with Crippen LogP contribution in [0.5, 0.6) is 0 Å². The van der Waals surface area contributed by atoms with Crippen LogP contribution in [0.4, 0.5) is 0 Å². The highest BCUT2D eigenvalue weighted by atomic mass is 35.5. The van der Waals surface area contributed by atoms with Gasteiger partial charge in [0.25, 0.3) is 0 Å². The Bertz CT molecular complexity index is 837. The number of ketones is 1. The maximum Gasteiger partial charge on any atom is 0.166 e. The Morgan fingerprint density at radius 2 is 1.84 bits per heavy atom. The van der Waals surface area contributed by atoms with Crippen molar-refractivity contribution in [1.29, 1.82) is 0 Å². The highest BCUT2D eigenvalue weighted by Crippen LogP contribution is 2.41. The number of Topliss-reactive ketones (excluding diaryl/α,β-unsaturated/α-hetero) is 1. The summed E-state index contributed by atoms with van der Waals surface area (Å²) in [6, 6.07) is 3.05. The van der Waals surface area contributed by atoms with Crippen LogP contribution in [0.3, 0.4) is 0 Å². The summed E-state index contributed by atoms with van der Waals surface area (Å²) < 4.78 is 6.94. The second-order valence-electron chi connectivity index (χ2n) is 5.82. The second-order valence-corrected chi connectivity index (χ2v) is 7.00. The first-order valence-electron chi connectivity index (χ1n) is 7.65. The van der Waals surface area contributed by atoms with Gasteiger partial charge in [0, 0.05) is 11.8 Å². The van der Waals surface area contributed by atoms with Crippen LogP contribution in [0, 0.1) is 0 Å². The topological polar surface area (TPSA) is 91.9 Å². The number of carbonyl (C=O) groups is 1. The molecule has 1 aliphatic heterocycles. The van der Waals surface area contributed by atoms with Gasteiger partial charge >= 0.3 is 0 Å². The van der Waals surface area contributed by atoms with Crippen molar-refractivity contribution in [3.05, 3.63) is 32.9 Å². The smallest absolute Gasteiger partial charge is 0.166 e. The van der Waals surface area contributed by atoms with Crippen LogP contribution >= 0.6 is 34.8 Å². The van der Waals surface area contributed by atoms with Crippen molar-refractivity contribution in [2.45, 2.75) is 37.9 Å². The predicted molar refractivity (Wildman–Crippen MR) is 94.6 cm³/mol. The highest BCUT2D eigenvalue weighted by Gasteiger charge is 2.45. The quantitative estimate of drug-likeness (QED) is 0.677. The van der Waals surface area contributed by atoms with E-state index in [1.165, 1.54) is 16.7 Å². The zero-order chi connectivity index (χ0) is 18.5. The molecule has 25 heavy (non-hydrogen) atoms.